The lowest BCUT2D eigenvalue weighted by Crippen LogP contribution is -2.58. The molecule has 7 unspecified atom stereocenters. The lowest BCUT2D eigenvalue weighted by atomic mass is 9.91. The minimum atomic E-state index is -1.50. The summed E-state index contributed by atoms with van der Waals surface area (Å²) < 4.78 is 14.3. The molecule has 68 heavy (non-hydrogen) atoms. The molecule has 0 spiro atoms. The van der Waals surface area contributed by atoms with E-state index in [4.69, 9.17) is 23.1 Å². The van der Waals surface area contributed by atoms with Gasteiger partial charge in [-0.2, -0.15) is 0 Å². The summed E-state index contributed by atoms with van der Waals surface area (Å²) in [5.41, 5.74) is 14.1. The maximum Gasteiger partial charge on any atom is 0.251 e. The highest BCUT2D eigenvalue weighted by Gasteiger charge is 2.41. The molecule has 1 saturated heterocycles. The van der Waals surface area contributed by atoms with Gasteiger partial charge in [-0.05, 0) is 110 Å². The number of rotatable bonds is 14. The zero-order valence-corrected chi connectivity index (χ0v) is 38.4. The first-order valence-electron chi connectivity index (χ1n) is 22.1. The van der Waals surface area contributed by atoms with Gasteiger partial charge < -0.3 is 47.6 Å². The number of likely N-dealkylation sites (tertiary alicyclic amines) is 1. The van der Waals surface area contributed by atoms with Crippen LogP contribution < -0.4 is 32.7 Å². The van der Waals surface area contributed by atoms with Gasteiger partial charge in [0.2, 0.25) is 35.4 Å². The number of carbonyl (C=O) groups excluding carboxylic acids is 8. The Hall–Kier alpha value is -7.18. The fraction of sp³-hybridized carbons (Fsp3) is 0.347. The Morgan fingerprint density at radius 2 is 1.60 bits per heavy atom. The van der Waals surface area contributed by atoms with E-state index in [2.05, 4.69) is 21.3 Å². The third-order valence-corrected chi connectivity index (χ3v) is 12.4. The van der Waals surface area contributed by atoms with Crippen LogP contribution in [0, 0.1) is 0 Å². The van der Waals surface area contributed by atoms with Crippen LogP contribution in [0.15, 0.2) is 84.9 Å². The highest BCUT2D eigenvalue weighted by atomic mass is 35.5. The fourth-order valence-electron chi connectivity index (χ4n) is 8.40. The zero-order chi connectivity index (χ0) is 49.4. The number of aldehydes is 1. The van der Waals surface area contributed by atoms with Gasteiger partial charge in [0, 0.05) is 41.6 Å². The summed E-state index contributed by atoms with van der Waals surface area (Å²) in [7, 11) is 1.36. The summed E-state index contributed by atoms with van der Waals surface area (Å²) in [5.74, 6) is -5.74. The Bertz CT molecular complexity index is 2580. The van der Waals surface area contributed by atoms with Crippen molar-refractivity contribution in [3.63, 3.8) is 0 Å². The fourth-order valence-corrected chi connectivity index (χ4v) is 8.53. The van der Waals surface area contributed by atoms with E-state index in [1.54, 1.807) is 36.4 Å². The van der Waals surface area contributed by atoms with E-state index < -0.39 is 90.3 Å². The first-order chi connectivity index (χ1) is 32.4. The lowest BCUT2D eigenvalue weighted by molar-refractivity contribution is -0.142. The van der Waals surface area contributed by atoms with Crippen LogP contribution in [-0.4, -0.2) is 119 Å². The number of hydrogen-bond donors (Lipinski definition) is 7. The van der Waals surface area contributed by atoms with E-state index in [0.717, 1.165) is 20.9 Å². The number of aromatic hydroxyl groups is 1. The summed E-state index contributed by atoms with van der Waals surface area (Å²) >= 11 is 6.05. The molecule has 2 aliphatic rings. The van der Waals surface area contributed by atoms with Crippen molar-refractivity contribution >= 4 is 59.2 Å². The van der Waals surface area contributed by atoms with Gasteiger partial charge in [-0.1, -0.05) is 54.1 Å². The van der Waals surface area contributed by atoms with E-state index in [0.29, 0.717) is 36.3 Å². The molecule has 0 aromatic heterocycles. The Balaban J connectivity index is 1.31. The van der Waals surface area contributed by atoms with Crippen LogP contribution in [-0.2, 0) is 35.2 Å². The second kappa shape index (κ2) is 22.1. The normalized spacial score (nSPS) is 20.1. The van der Waals surface area contributed by atoms with Crippen molar-refractivity contribution in [2.24, 2.45) is 11.5 Å². The molecule has 17 nitrogen and oxygen atoms in total. The molecular formula is C49H54ClFN8O9. The summed E-state index contributed by atoms with van der Waals surface area (Å²) in [4.78, 5) is 111. The quantitative estimate of drug-likeness (QED) is 0.0718. The largest absolute Gasteiger partial charge is 0.507 e. The van der Waals surface area contributed by atoms with E-state index in [1.807, 2.05) is 12.1 Å². The van der Waals surface area contributed by atoms with Gasteiger partial charge in [-0.15, -0.1) is 0 Å². The molecule has 4 aromatic rings. The van der Waals surface area contributed by atoms with Crippen molar-refractivity contribution in [3.8, 4) is 28.0 Å². The molecular weight excluding hydrogens is 899 g/mol. The smallest absolute Gasteiger partial charge is 0.251 e. The number of carbonyl (C=O) groups is 8. The topological polar surface area (TPSA) is 263 Å². The number of halogens is 2. The molecule has 7 atom stereocenters. The minimum Gasteiger partial charge on any atom is -0.507 e. The highest BCUT2D eigenvalue weighted by Crippen LogP contribution is 2.36. The van der Waals surface area contributed by atoms with Gasteiger partial charge in [0.15, 0.2) is 6.29 Å². The van der Waals surface area contributed by atoms with Crippen molar-refractivity contribution in [2.75, 3.05) is 20.1 Å². The third kappa shape index (κ3) is 11.7. The molecule has 6 rings (SSSR count). The maximum atomic E-state index is 14.7. The third-order valence-electron chi connectivity index (χ3n) is 12.1. The molecule has 0 radical (unpaired) electrons. The number of amides is 7. The first kappa shape index (κ1) is 50.2. The Labute approximate surface area is 397 Å². The molecule has 19 heteroatoms. The van der Waals surface area contributed by atoms with Gasteiger partial charge in [0.1, 0.15) is 48.2 Å². The van der Waals surface area contributed by atoms with Gasteiger partial charge in [0.25, 0.3) is 5.91 Å². The molecule has 4 aromatic carbocycles. The molecule has 2 aliphatic heterocycles. The van der Waals surface area contributed by atoms with E-state index in [-0.39, 0.29) is 52.8 Å². The van der Waals surface area contributed by atoms with Crippen molar-refractivity contribution in [3.05, 3.63) is 112 Å². The van der Waals surface area contributed by atoms with Crippen molar-refractivity contribution in [1.82, 2.24) is 31.1 Å². The number of benzene rings is 4. The number of hydrogen-bond acceptors (Lipinski definition) is 10. The van der Waals surface area contributed by atoms with Crippen LogP contribution >= 0.6 is 11.6 Å². The second-order valence-electron chi connectivity index (χ2n) is 17.0. The number of nitrogens with zero attached hydrogens (tertiary/aromatic N) is 2. The number of primary amides is 1. The summed E-state index contributed by atoms with van der Waals surface area (Å²) in [6.45, 7) is 2.60. The second-order valence-corrected chi connectivity index (χ2v) is 17.5. The molecule has 1 fully saturated rings. The van der Waals surface area contributed by atoms with Crippen LogP contribution in [0.25, 0.3) is 22.3 Å². The van der Waals surface area contributed by atoms with E-state index >= 15 is 0 Å². The zero-order valence-electron chi connectivity index (χ0n) is 37.7. The number of fused-ring (bicyclic) bond motifs is 5. The Morgan fingerprint density at radius 1 is 0.926 bits per heavy atom. The maximum absolute atomic E-state index is 14.7. The number of phenolic OH excluding ortho intramolecular Hbond substituents is 1. The summed E-state index contributed by atoms with van der Waals surface area (Å²) in [6.07, 6.45) is -0.356. The molecule has 358 valence electrons. The van der Waals surface area contributed by atoms with E-state index in [9.17, 15) is 47.9 Å². The molecule has 0 saturated carbocycles. The molecule has 0 aliphatic carbocycles. The molecule has 4 bridgehead atoms. The van der Waals surface area contributed by atoms with E-state index in [1.165, 1.54) is 57.3 Å². The molecule has 9 N–H and O–H groups in total. The average molecular weight is 953 g/mol. The molecule has 7 amide bonds. The predicted octanol–water partition coefficient (Wildman–Crippen LogP) is 3.09. The van der Waals surface area contributed by atoms with Gasteiger partial charge in [0.05, 0.1) is 6.54 Å². The number of alkyl halides is 1. The van der Waals surface area contributed by atoms with Crippen molar-refractivity contribution in [1.29, 1.82) is 0 Å². The van der Waals surface area contributed by atoms with Crippen molar-refractivity contribution < 1.29 is 47.9 Å². The highest BCUT2D eigenvalue weighted by molar-refractivity contribution is 6.30. The molecule has 2 heterocycles. The van der Waals surface area contributed by atoms with Crippen molar-refractivity contribution in [2.45, 2.75) is 88.4 Å². The van der Waals surface area contributed by atoms with Gasteiger partial charge in [-0.25, -0.2) is 4.39 Å². The standard InChI is InChI=1S/C49H54ClFN8O9/c1-26-44(63)57-39(46(65)55-27(2)48(67)59-24-35(51)23-40(59)43(53)62)21-28-7-18-41(61)37(20-28)36-22-32(12-13-33(36)25-60)42(47(66)54-26)58(3)49(68)38(6-4-5-19-52)56-45(64)31-10-8-29(9-11-31)30-14-16-34(50)17-15-30/h7-18,20,22,25-27,35,38-40,42,61H,4-6,19,21,23-24,52H2,1-3H3,(H2,53,62)(H,54,66)(H,55,65)(H,56,64)(H,57,63). The number of nitrogens with two attached hydrogens (primary N) is 2. The predicted molar refractivity (Wildman–Crippen MR) is 251 cm³/mol. The van der Waals surface area contributed by atoms with Crippen LogP contribution in [0.4, 0.5) is 4.39 Å². The Kier molecular flexibility index (Phi) is 16.3. The first-order valence-corrected chi connectivity index (χ1v) is 22.5. The lowest BCUT2D eigenvalue weighted by Gasteiger charge is -2.32. The number of phenols is 1. The minimum absolute atomic E-state index is 0.102. The summed E-state index contributed by atoms with van der Waals surface area (Å²) in [5, 5.41) is 22.4. The van der Waals surface area contributed by atoms with Crippen LogP contribution in [0.5, 0.6) is 5.75 Å². The number of unbranched alkanes of at least 4 members (excludes halogenated alkanes) is 1. The monoisotopic (exact) mass is 952 g/mol. The number of likely N-dealkylation sites (N-methyl/N-ethyl adjacent to an activating group) is 1. The Morgan fingerprint density at radius 3 is 2.25 bits per heavy atom. The van der Waals surface area contributed by atoms with Gasteiger partial charge in [-0.3, -0.25) is 38.4 Å². The average Bonchev–Trinajstić information content (AvgIpc) is 3.72. The van der Waals surface area contributed by atoms with Gasteiger partial charge >= 0.3 is 0 Å². The number of nitrogens with one attached hydrogen (secondary N) is 4. The SMILES string of the molecule is CC1NC(=O)C(N(C)C(=O)C(CCCCN)NC(=O)c2ccc(-c3ccc(Cl)cc3)cc2)c2ccc(C=O)c(c2)-c2cc(ccc2O)CC(C(=O)NC(C)C(=O)N2CC(F)CC2C(N)=O)NC1=O. The van der Waals surface area contributed by atoms with Crippen LogP contribution in [0.3, 0.4) is 0 Å². The summed E-state index contributed by atoms with van der Waals surface area (Å²) in [6, 6.07) is 14.7. The van der Waals surface area contributed by atoms with Crippen LogP contribution in [0.2, 0.25) is 5.02 Å². The van der Waals surface area contributed by atoms with Crippen LogP contribution in [0.1, 0.15) is 77.4 Å².